The van der Waals surface area contributed by atoms with Crippen molar-refractivity contribution < 1.29 is 9.47 Å². The first-order valence-corrected chi connectivity index (χ1v) is 14.8. The number of halogens is 1. The molecule has 2 nitrogen and oxygen atoms in total. The lowest BCUT2D eigenvalue weighted by Crippen LogP contribution is -2.32. The number of hydrogen-bond donors (Lipinski definition) is 0. The Morgan fingerprint density at radius 2 is 1.13 bits per heavy atom. The summed E-state index contributed by atoms with van der Waals surface area (Å²) < 4.78 is 12.6. The summed E-state index contributed by atoms with van der Waals surface area (Å²) in [5.74, 6) is 1.95. The Bertz CT molecular complexity index is 1360. The van der Waals surface area contributed by atoms with Crippen LogP contribution in [0.15, 0.2) is 133 Å². The maximum atomic E-state index is 6.56. The van der Waals surface area contributed by atoms with Crippen molar-refractivity contribution in [2.75, 3.05) is 6.61 Å². The fraction of sp³-hybridized carbons (Fsp3) is 0.118. The van der Waals surface area contributed by atoms with Gasteiger partial charge in [0.05, 0.1) is 6.61 Å². The molecule has 0 unspecified atom stereocenters. The quantitative estimate of drug-likeness (QED) is 0.132. The number of fused-ring (bicyclic) bond motifs is 1. The first-order chi connectivity index (χ1) is 18.3. The minimum absolute atomic E-state index is 0. The summed E-state index contributed by atoms with van der Waals surface area (Å²) in [6, 6.07) is 47.9. The van der Waals surface area contributed by atoms with Gasteiger partial charge in [-0.05, 0) is 54.1 Å². The molecule has 0 saturated heterocycles. The standard InChI is InChI=1S/C34H30O2P.HI/c1-5-13-27(14-6-1)25-36-34-23-28-21-22-35-33(28)24-29(34)26-37(30-15-7-2-8-16-30,31-17-9-3-10-18-31)32-19-11-4-12-20-32;/h1-20,23-24H,21-22,25-26H2;1H/q+1;. The Morgan fingerprint density at radius 3 is 1.66 bits per heavy atom. The van der Waals surface area contributed by atoms with Crippen LogP contribution in [0, 0.1) is 0 Å². The Labute approximate surface area is 243 Å². The third kappa shape index (κ3) is 5.36. The Hall–Kier alpha value is -3.14. The zero-order valence-corrected chi connectivity index (χ0v) is 24.4. The van der Waals surface area contributed by atoms with Crippen molar-refractivity contribution in [3.63, 3.8) is 0 Å². The highest BCUT2D eigenvalue weighted by Crippen LogP contribution is 2.59. The molecule has 1 aliphatic heterocycles. The van der Waals surface area contributed by atoms with Gasteiger partial charge in [0, 0.05) is 17.5 Å². The number of benzene rings is 5. The van der Waals surface area contributed by atoms with E-state index in [1.165, 1.54) is 32.6 Å². The maximum Gasteiger partial charge on any atom is 0.127 e. The lowest BCUT2D eigenvalue weighted by molar-refractivity contribution is 0.303. The van der Waals surface area contributed by atoms with Gasteiger partial charge in [-0.25, -0.2) is 0 Å². The van der Waals surface area contributed by atoms with Gasteiger partial charge in [-0.1, -0.05) is 84.9 Å². The number of ether oxygens (including phenoxy) is 2. The van der Waals surface area contributed by atoms with Gasteiger partial charge in [0.2, 0.25) is 0 Å². The predicted molar refractivity (Wildman–Crippen MR) is 171 cm³/mol. The van der Waals surface area contributed by atoms with Crippen molar-refractivity contribution in [1.29, 1.82) is 0 Å². The summed E-state index contributed by atoms with van der Waals surface area (Å²) in [4.78, 5) is 0. The summed E-state index contributed by atoms with van der Waals surface area (Å²) >= 11 is 0. The molecule has 0 saturated carbocycles. The molecule has 1 aliphatic rings. The molecule has 0 aliphatic carbocycles. The topological polar surface area (TPSA) is 18.5 Å². The van der Waals surface area contributed by atoms with Crippen LogP contribution in [-0.4, -0.2) is 6.61 Å². The van der Waals surface area contributed by atoms with E-state index in [9.17, 15) is 0 Å². The van der Waals surface area contributed by atoms with Gasteiger partial charge in [0.25, 0.3) is 0 Å². The van der Waals surface area contributed by atoms with Crippen LogP contribution in [0.3, 0.4) is 0 Å². The highest BCUT2D eigenvalue weighted by Gasteiger charge is 2.46. The molecular formula is C34H31IO2P+. The molecule has 4 heteroatoms. The number of rotatable bonds is 8. The monoisotopic (exact) mass is 629 g/mol. The largest absolute Gasteiger partial charge is 0.493 e. The van der Waals surface area contributed by atoms with Crippen molar-refractivity contribution in [2.45, 2.75) is 19.2 Å². The van der Waals surface area contributed by atoms with E-state index in [0.29, 0.717) is 6.61 Å². The van der Waals surface area contributed by atoms with E-state index in [-0.39, 0.29) is 24.0 Å². The lowest BCUT2D eigenvalue weighted by Gasteiger charge is -2.28. The second-order valence-electron chi connectivity index (χ2n) is 9.41. The fourth-order valence-corrected chi connectivity index (χ4v) is 9.51. The van der Waals surface area contributed by atoms with Crippen LogP contribution in [0.4, 0.5) is 0 Å². The fourth-order valence-electron chi connectivity index (χ4n) is 5.26. The summed E-state index contributed by atoms with van der Waals surface area (Å²) in [6.45, 7) is 1.27. The molecule has 38 heavy (non-hydrogen) atoms. The Balaban J connectivity index is 0.00000294. The molecular weight excluding hydrogens is 598 g/mol. The highest BCUT2D eigenvalue weighted by atomic mass is 127. The average Bonchev–Trinajstić information content (AvgIpc) is 3.44. The Morgan fingerprint density at radius 1 is 0.632 bits per heavy atom. The zero-order chi connectivity index (χ0) is 24.9. The molecule has 0 aromatic heterocycles. The van der Waals surface area contributed by atoms with E-state index in [4.69, 9.17) is 9.47 Å². The number of hydrogen-bond acceptors (Lipinski definition) is 2. The van der Waals surface area contributed by atoms with Gasteiger partial charge < -0.3 is 9.47 Å². The molecule has 0 spiro atoms. The van der Waals surface area contributed by atoms with Gasteiger partial charge in [-0.15, -0.1) is 24.0 Å². The van der Waals surface area contributed by atoms with Gasteiger partial charge in [0.1, 0.15) is 47.4 Å². The van der Waals surface area contributed by atoms with Crippen LogP contribution >= 0.6 is 31.2 Å². The van der Waals surface area contributed by atoms with E-state index in [1.54, 1.807) is 0 Å². The summed E-state index contributed by atoms with van der Waals surface area (Å²) in [5, 5.41) is 4.09. The van der Waals surface area contributed by atoms with Crippen molar-refractivity contribution in [3.8, 4) is 11.5 Å². The van der Waals surface area contributed by atoms with Crippen LogP contribution < -0.4 is 25.4 Å². The Kier molecular flexibility index (Phi) is 8.46. The van der Waals surface area contributed by atoms with Crippen LogP contribution in [0.2, 0.25) is 0 Å². The van der Waals surface area contributed by atoms with Crippen molar-refractivity contribution in [3.05, 3.63) is 150 Å². The zero-order valence-electron chi connectivity index (χ0n) is 21.2. The first-order valence-electron chi connectivity index (χ1n) is 12.8. The van der Waals surface area contributed by atoms with Crippen LogP contribution in [0.1, 0.15) is 16.7 Å². The molecule has 0 atom stereocenters. The van der Waals surface area contributed by atoms with Gasteiger partial charge >= 0.3 is 0 Å². The van der Waals surface area contributed by atoms with Crippen molar-refractivity contribution in [1.82, 2.24) is 0 Å². The molecule has 0 amide bonds. The lowest BCUT2D eigenvalue weighted by atomic mass is 10.1. The summed E-state index contributed by atoms with van der Waals surface area (Å²) in [5.41, 5.74) is 3.59. The summed E-state index contributed by atoms with van der Waals surface area (Å²) in [7, 11) is -2.06. The highest BCUT2D eigenvalue weighted by molar-refractivity contribution is 14.0. The van der Waals surface area contributed by atoms with Crippen LogP contribution in [-0.2, 0) is 19.2 Å². The van der Waals surface area contributed by atoms with E-state index < -0.39 is 7.26 Å². The maximum absolute atomic E-state index is 6.56. The van der Waals surface area contributed by atoms with Gasteiger partial charge in [-0.3, -0.25) is 0 Å². The third-order valence-electron chi connectivity index (χ3n) is 7.11. The molecule has 0 bridgehead atoms. The molecule has 5 aromatic rings. The van der Waals surface area contributed by atoms with E-state index in [0.717, 1.165) is 30.7 Å². The van der Waals surface area contributed by atoms with E-state index >= 15 is 0 Å². The summed E-state index contributed by atoms with van der Waals surface area (Å²) in [6.07, 6.45) is 1.78. The second-order valence-corrected chi connectivity index (χ2v) is 12.9. The second kappa shape index (κ2) is 12.1. The third-order valence-corrected chi connectivity index (χ3v) is 11.5. The molecule has 190 valence electrons. The molecule has 1 heterocycles. The molecule has 5 aromatic carbocycles. The van der Waals surface area contributed by atoms with Crippen LogP contribution in [0.5, 0.6) is 11.5 Å². The predicted octanol–water partition coefficient (Wildman–Crippen LogP) is 7.31. The van der Waals surface area contributed by atoms with Crippen LogP contribution in [0.25, 0.3) is 0 Å². The minimum atomic E-state index is -2.06. The van der Waals surface area contributed by atoms with Gasteiger partial charge in [0.15, 0.2) is 0 Å². The van der Waals surface area contributed by atoms with E-state index in [2.05, 4.69) is 127 Å². The molecule has 0 radical (unpaired) electrons. The molecule has 0 fully saturated rings. The normalized spacial score (nSPS) is 12.2. The minimum Gasteiger partial charge on any atom is -0.493 e. The average molecular weight is 629 g/mol. The molecule has 0 N–H and O–H groups in total. The smallest absolute Gasteiger partial charge is 0.127 e. The van der Waals surface area contributed by atoms with Crippen molar-refractivity contribution in [2.24, 2.45) is 0 Å². The van der Waals surface area contributed by atoms with E-state index in [1.807, 2.05) is 6.07 Å². The van der Waals surface area contributed by atoms with Gasteiger partial charge in [-0.2, -0.15) is 0 Å². The SMILES string of the molecule is I.c1ccc(COc2cc3c(cc2C[P+](c2ccccc2)(c2ccccc2)c2ccccc2)OCC3)cc1. The molecule has 6 rings (SSSR count). The van der Waals surface area contributed by atoms with Crippen molar-refractivity contribution >= 4 is 47.2 Å². The first kappa shape index (κ1) is 26.5.